The van der Waals surface area contributed by atoms with Crippen molar-refractivity contribution in [3.05, 3.63) is 0 Å². The molecule has 2 N–H and O–H groups in total. The summed E-state index contributed by atoms with van der Waals surface area (Å²) in [5, 5.41) is 0. The van der Waals surface area contributed by atoms with Crippen LogP contribution >= 0.6 is 0 Å². The first-order chi connectivity index (χ1) is 8.91. The van der Waals surface area contributed by atoms with Crippen LogP contribution in [0.15, 0.2) is 0 Å². The van der Waals surface area contributed by atoms with Gasteiger partial charge in [0, 0.05) is 18.6 Å². The second-order valence-electron chi connectivity index (χ2n) is 7.67. The van der Waals surface area contributed by atoms with Gasteiger partial charge in [0.05, 0.1) is 0 Å². The molecule has 1 saturated carbocycles. The predicted octanol–water partition coefficient (Wildman–Crippen LogP) is 2.17. The van der Waals surface area contributed by atoms with E-state index in [4.69, 9.17) is 5.73 Å². The van der Waals surface area contributed by atoms with Crippen LogP contribution in [0.3, 0.4) is 0 Å². The average Bonchev–Trinajstić information content (AvgIpc) is 2.65. The van der Waals surface area contributed by atoms with Gasteiger partial charge in [-0.15, -0.1) is 0 Å². The van der Waals surface area contributed by atoms with E-state index in [2.05, 4.69) is 37.7 Å². The molecule has 1 heterocycles. The predicted molar refractivity (Wildman–Crippen MR) is 82.3 cm³/mol. The van der Waals surface area contributed by atoms with Crippen LogP contribution in [-0.4, -0.2) is 55.6 Å². The van der Waals surface area contributed by atoms with E-state index in [0.29, 0.717) is 5.41 Å². The van der Waals surface area contributed by atoms with Crippen LogP contribution in [0.5, 0.6) is 0 Å². The van der Waals surface area contributed by atoms with E-state index in [1.54, 1.807) is 0 Å². The highest BCUT2D eigenvalue weighted by Crippen LogP contribution is 2.49. The van der Waals surface area contributed by atoms with E-state index in [1.165, 1.54) is 51.7 Å². The molecule has 0 spiro atoms. The van der Waals surface area contributed by atoms with Gasteiger partial charge in [-0.1, -0.05) is 20.3 Å². The Bertz CT molecular complexity index is 292. The van der Waals surface area contributed by atoms with Gasteiger partial charge >= 0.3 is 0 Å². The summed E-state index contributed by atoms with van der Waals surface area (Å²) in [4.78, 5) is 5.07. The van der Waals surface area contributed by atoms with E-state index in [0.717, 1.165) is 12.5 Å². The monoisotopic (exact) mass is 267 g/mol. The number of likely N-dealkylation sites (tertiary alicyclic amines) is 1. The number of nitrogens with zero attached hydrogens (tertiary/aromatic N) is 2. The van der Waals surface area contributed by atoms with Gasteiger partial charge in [-0.2, -0.15) is 0 Å². The third-order valence-electron chi connectivity index (χ3n) is 5.83. The molecular formula is C16H33N3. The van der Waals surface area contributed by atoms with Gasteiger partial charge in [-0.25, -0.2) is 0 Å². The van der Waals surface area contributed by atoms with Crippen molar-refractivity contribution in [1.82, 2.24) is 9.80 Å². The Hall–Kier alpha value is -0.120. The molecule has 3 nitrogen and oxygen atoms in total. The van der Waals surface area contributed by atoms with Crippen LogP contribution in [0.4, 0.5) is 0 Å². The molecular weight excluding hydrogens is 234 g/mol. The van der Waals surface area contributed by atoms with Gasteiger partial charge in [0.15, 0.2) is 0 Å². The maximum Gasteiger partial charge on any atom is 0.0382 e. The second-order valence-corrected chi connectivity index (χ2v) is 7.67. The summed E-state index contributed by atoms with van der Waals surface area (Å²) in [5.41, 5.74) is 6.90. The number of nitrogens with two attached hydrogens (primary N) is 1. The highest BCUT2D eigenvalue weighted by atomic mass is 15.2. The molecule has 0 amide bonds. The van der Waals surface area contributed by atoms with Crippen LogP contribution in [-0.2, 0) is 0 Å². The number of piperidine rings is 1. The lowest BCUT2D eigenvalue weighted by Crippen LogP contribution is -2.61. The van der Waals surface area contributed by atoms with Crippen molar-refractivity contribution in [2.45, 2.75) is 51.5 Å². The summed E-state index contributed by atoms with van der Waals surface area (Å²) < 4.78 is 0. The minimum Gasteiger partial charge on any atom is -0.329 e. The van der Waals surface area contributed by atoms with Crippen molar-refractivity contribution < 1.29 is 0 Å². The summed E-state index contributed by atoms with van der Waals surface area (Å²) in [6, 6.07) is 0. The minimum absolute atomic E-state index is 0.274. The molecule has 1 aliphatic heterocycles. The second kappa shape index (κ2) is 5.71. The lowest BCUT2D eigenvalue weighted by atomic mass is 9.72. The zero-order valence-corrected chi connectivity index (χ0v) is 13.4. The largest absolute Gasteiger partial charge is 0.329 e. The summed E-state index contributed by atoms with van der Waals surface area (Å²) in [6.45, 7) is 9.43. The summed E-state index contributed by atoms with van der Waals surface area (Å²) in [6.07, 6.45) is 6.67. The van der Waals surface area contributed by atoms with Crippen LogP contribution in [0.2, 0.25) is 0 Å². The quantitative estimate of drug-likeness (QED) is 0.847. The Kier molecular flexibility index (Phi) is 4.59. The van der Waals surface area contributed by atoms with Crippen molar-refractivity contribution in [3.8, 4) is 0 Å². The van der Waals surface area contributed by atoms with Crippen molar-refractivity contribution in [1.29, 1.82) is 0 Å². The first kappa shape index (κ1) is 15.3. The molecule has 1 aliphatic carbocycles. The van der Waals surface area contributed by atoms with E-state index < -0.39 is 0 Å². The molecule has 0 aromatic carbocycles. The lowest BCUT2D eigenvalue weighted by molar-refractivity contribution is -0.0125. The topological polar surface area (TPSA) is 32.5 Å². The number of rotatable bonds is 4. The standard InChI is InChI=1S/C16H33N3/c1-15(2)8-5-9-16(15,13-17)19-10-6-14(7-11-19)12-18(3)4/h14H,5-13,17H2,1-4H3. The molecule has 0 aromatic rings. The van der Waals surface area contributed by atoms with Gasteiger partial charge in [-0.3, -0.25) is 4.90 Å². The molecule has 2 aliphatic rings. The maximum absolute atomic E-state index is 6.24. The molecule has 3 heteroatoms. The molecule has 0 aromatic heterocycles. The molecule has 1 atom stereocenters. The third-order valence-corrected chi connectivity index (χ3v) is 5.83. The van der Waals surface area contributed by atoms with Crippen LogP contribution in [0, 0.1) is 11.3 Å². The fraction of sp³-hybridized carbons (Fsp3) is 1.00. The van der Waals surface area contributed by atoms with Crippen molar-refractivity contribution in [2.24, 2.45) is 17.1 Å². The van der Waals surface area contributed by atoms with Gasteiger partial charge in [-0.05, 0) is 64.2 Å². The van der Waals surface area contributed by atoms with Gasteiger partial charge in [0.25, 0.3) is 0 Å². The summed E-state index contributed by atoms with van der Waals surface area (Å²) in [7, 11) is 4.38. The number of hydrogen-bond acceptors (Lipinski definition) is 3. The Morgan fingerprint density at radius 1 is 1.16 bits per heavy atom. The Labute approximate surface area is 119 Å². The van der Waals surface area contributed by atoms with E-state index in [1.807, 2.05) is 0 Å². The van der Waals surface area contributed by atoms with Crippen LogP contribution in [0.25, 0.3) is 0 Å². The molecule has 2 rings (SSSR count). The normalized spacial score (nSPS) is 33.2. The van der Waals surface area contributed by atoms with Gasteiger partial charge < -0.3 is 10.6 Å². The Morgan fingerprint density at radius 3 is 2.21 bits per heavy atom. The minimum atomic E-state index is 0.274. The molecule has 1 saturated heterocycles. The van der Waals surface area contributed by atoms with Crippen molar-refractivity contribution in [3.63, 3.8) is 0 Å². The molecule has 1 unspecified atom stereocenters. The first-order valence-electron chi connectivity index (χ1n) is 8.01. The first-order valence-corrected chi connectivity index (χ1v) is 8.01. The van der Waals surface area contributed by atoms with Crippen molar-refractivity contribution >= 4 is 0 Å². The fourth-order valence-electron chi connectivity index (χ4n) is 4.55. The average molecular weight is 267 g/mol. The maximum atomic E-state index is 6.24. The van der Waals surface area contributed by atoms with E-state index in [9.17, 15) is 0 Å². The number of hydrogen-bond donors (Lipinski definition) is 1. The van der Waals surface area contributed by atoms with Crippen LogP contribution < -0.4 is 5.73 Å². The zero-order valence-electron chi connectivity index (χ0n) is 13.4. The lowest BCUT2D eigenvalue weighted by Gasteiger charge is -2.52. The van der Waals surface area contributed by atoms with Gasteiger partial charge in [0.2, 0.25) is 0 Å². The molecule has 0 bridgehead atoms. The summed E-state index contributed by atoms with van der Waals surface area (Å²) in [5.74, 6) is 0.880. The third kappa shape index (κ3) is 2.84. The molecule has 19 heavy (non-hydrogen) atoms. The molecule has 112 valence electrons. The van der Waals surface area contributed by atoms with Crippen LogP contribution in [0.1, 0.15) is 46.0 Å². The van der Waals surface area contributed by atoms with E-state index in [-0.39, 0.29) is 5.54 Å². The van der Waals surface area contributed by atoms with E-state index >= 15 is 0 Å². The van der Waals surface area contributed by atoms with Gasteiger partial charge in [0.1, 0.15) is 0 Å². The highest BCUT2D eigenvalue weighted by Gasteiger charge is 2.51. The highest BCUT2D eigenvalue weighted by molar-refractivity contribution is 5.07. The molecule has 2 fully saturated rings. The SMILES string of the molecule is CN(C)CC1CCN(C2(CN)CCCC2(C)C)CC1. The van der Waals surface area contributed by atoms with Crippen molar-refractivity contribution in [2.75, 3.05) is 40.3 Å². The fourth-order valence-corrected chi connectivity index (χ4v) is 4.55. The molecule has 0 radical (unpaired) electrons. The Balaban J connectivity index is 2.00. The smallest absolute Gasteiger partial charge is 0.0382 e. The zero-order chi connectivity index (χ0) is 14.1. The Morgan fingerprint density at radius 2 is 1.79 bits per heavy atom. The summed E-state index contributed by atoms with van der Waals surface area (Å²) >= 11 is 0.